The molecule has 0 fully saturated rings. The van der Waals surface area contributed by atoms with E-state index in [9.17, 15) is 18.0 Å². The van der Waals surface area contributed by atoms with Crippen molar-refractivity contribution in [1.82, 2.24) is 9.71 Å². The number of pyridine rings is 1. The molecule has 182 valence electrons. The fourth-order valence-electron chi connectivity index (χ4n) is 4.30. The highest BCUT2D eigenvalue weighted by Gasteiger charge is 2.32. The van der Waals surface area contributed by atoms with Crippen molar-refractivity contribution in [3.63, 3.8) is 0 Å². The Bertz CT molecular complexity index is 1340. The largest absolute Gasteiger partial charge is 0.309 e. The minimum absolute atomic E-state index is 0.0490. The van der Waals surface area contributed by atoms with E-state index >= 15 is 0 Å². The maximum absolute atomic E-state index is 13.3. The van der Waals surface area contributed by atoms with Crippen LogP contribution in [0.2, 0.25) is 0 Å². The van der Waals surface area contributed by atoms with Gasteiger partial charge in [0.2, 0.25) is 21.8 Å². The quantitative estimate of drug-likeness (QED) is 0.527. The highest BCUT2D eigenvalue weighted by atomic mass is 32.2. The van der Waals surface area contributed by atoms with E-state index in [1.165, 1.54) is 13.0 Å². The van der Waals surface area contributed by atoms with Crippen LogP contribution < -0.4 is 14.9 Å². The smallest absolute Gasteiger partial charge is 0.244 e. The van der Waals surface area contributed by atoms with Gasteiger partial charge < -0.3 is 10.2 Å². The maximum atomic E-state index is 13.3. The number of sulfonamides is 1. The van der Waals surface area contributed by atoms with Gasteiger partial charge in [0.05, 0.1) is 4.90 Å². The van der Waals surface area contributed by atoms with Crippen LogP contribution in [-0.4, -0.2) is 37.3 Å². The van der Waals surface area contributed by atoms with E-state index in [-0.39, 0.29) is 23.3 Å². The average molecular weight is 493 g/mol. The third-order valence-corrected chi connectivity index (χ3v) is 7.44. The monoisotopic (exact) mass is 492 g/mol. The molecule has 3 aromatic rings. The predicted octanol–water partition coefficient (Wildman–Crippen LogP) is 3.22. The molecule has 0 saturated heterocycles. The summed E-state index contributed by atoms with van der Waals surface area (Å²) in [5, 5.41) is 2.71. The minimum atomic E-state index is -4.04. The van der Waals surface area contributed by atoms with Gasteiger partial charge in [0.25, 0.3) is 0 Å². The molecule has 2 heterocycles. The second kappa shape index (κ2) is 9.97. The number of aryl methyl sites for hydroxylation is 1. The summed E-state index contributed by atoms with van der Waals surface area (Å²) < 4.78 is 29.3. The lowest BCUT2D eigenvalue weighted by Gasteiger charge is -2.21. The van der Waals surface area contributed by atoms with Gasteiger partial charge in [-0.05, 0) is 67.6 Å². The van der Waals surface area contributed by atoms with Crippen molar-refractivity contribution in [2.75, 3.05) is 10.2 Å². The molecule has 2 amide bonds. The third-order valence-electron chi connectivity index (χ3n) is 5.98. The van der Waals surface area contributed by atoms with Crippen LogP contribution in [0.5, 0.6) is 0 Å². The average Bonchev–Trinajstić information content (AvgIpc) is 3.15. The van der Waals surface area contributed by atoms with E-state index in [0.717, 1.165) is 16.7 Å². The second-order valence-electron chi connectivity index (χ2n) is 8.81. The van der Waals surface area contributed by atoms with Crippen molar-refractivity contribution < 1.29 is 18.0 Å². The van der Waals surface area contributed by atoms with Gasteiger partial charge in [0.15, 0.2) is 0 Å². The van der Waals surface area contributed by atoms with E-state index < -0.39 is 22.0 Å². The van der Waals surface area contributed by atoms with Crippen molar-refractivity contribution >= 4 is 33.3 Å². The highest BCUT2D eigenvalue weighted by Crippen LogP contribution is 2.34. The Morgan fingerprint density at radius 3 is 2.51 bits per heavy atom. The first-order chi connectivity index (χ1) is 16.6. The van der Waals surface area contributed by atoms with Gasteiger partial charge in [-0.25, -0.2) is 13.4 Å². The molecule has 0 aliphatic carbocycles. The lowest BCUT2D eigenvalue weighted by Crippen LogP contribution is -2.45. The van der Waals surface area contributed by atoms with Gasteiger partial charge in [0, 0.05) is 24.8 Å². The van der Waals surface area contributed by atoms with Gasteiger partial charge in [-0.15, -0.1) is 0 Å². The molecule has 2 atom stereocenters. The summed E-state index contributed by atoms with van der Waals surface area (Å²) in [4.78, 5) is 31.1. The Hall–Kier alpha value is -3.56. The molecule has 0 saturated carbocycles. The van der Waals surface area contributed by atoms with Gasteiger partial charge in [0.1, 0.15) is 11.9 Å². The Balaban J connectivity index is 1.60. The van der Waals surface area contributed by atoms with Crippen molar-refractivity contribution in [2.24, 2.45) is 0 Å². The number of nitrogens with zero attached hydrogens (tertiary/aromatic N) is 2. The standard InChI is InChI=1S/C26H28N4O4S/c1-17-9-12-25(27-16-17)28-26(32)23(14-20-7-5-4-6-8-20)29-35(33,34)22-10-11-24-21(15-22)13-18(2)30(24)19(3)31/h4-12,15-16,18,23,29H,13-14H2,1-3H3,(H,27,28,32)/t18-,23+/m1/s1. The lowest BCUT2D eigenvalue weighted by atomic mass is 10.1. The lowest BCUT2D eigenvalue weighted by molar-refractivity contribution is -0.118. The highest BCUT2D eigenvalue weighted by molar-refractivity contribution is 7.89. The molecule has 0 bridgehead atoms. The molecule has 8 nitrogen and oxygen atoms in total. The number of nitrogens with one attached hydrogen (secondary N) is 2. The molecule has 1 aromatic heterocycles. The summed E-state index contributed by atoms with van der Waals surface area (Å²) in [6.45, 7) is 5.30. The SMILES string of the molecule is CC(=O)N1c2ccc(S(=O)(=O)N[C@@H](Cc3ccccc3)C(=O)Nc3ccc(C)cn3)cc2C[C@H]1C. The molecule has 9 heteroatoms. The number of carbonyl (C=O) groups is 2. The van der Waals surface area contributed by atoms with Crippen LogP contribution in [0.4, 0.5) is 11.5 Å². The fraction of sp³-hybridized carbons (Fsp3) is 0.269. The normalized spacial score (nSPS) is 16.0. The van der Waals surface area contributed by atoms with Crippen LogP contribution in [0.25, 0.3) is 0 Å². The molecule has 1 aliphatic heterocycles. The summed E-state index contributed by atoms with van der Waals surface area (Å²) in [6, 6.07) is 16.3. The van der Waals surface area contributed by atoms with Gasteiger partial charge in [-0.1, -0.05) is 36.4 Å². The molecule has 0 spiro atoms. The van der Waals surface area contributed by atoms with Gasteiger partial charge in [-0.3, -0.25) is 9.59 Å². The van der Waals surface area contributed by atoms with Crippen molar-refractivity contribution in [1.29, 1.82) is 0 Å². The molecule has 0 radical (unpaired) electrons. The number of anilines is 2. The number of amides is 2. The first kappa shape index (κ1) is 24.6. The van der Waals surface area contributed by atoms with E-state index in [2.05, 4.69) is 15.0 Å². The minimum Gasteiger partial charge on any atom is -0.309 e. The zero-order chi connectivity index (χ0) is 25.2. The molecule has 1 aliphatic rings. The first-order valence-electron chi connectivity index (χ1n) is 11.4. The number of aromatic nitrogens is 1. The third kappa shape index (κ3) is 5.58. The Morgan fingerprint density at radius 2 is 1.86 bits per heavy atom. The van der Waals surface area contributed by atoms with Crippen LogP contribution in [-0.2, 0) is 32.5 Å². The van der Waals surface area contributed by atoms with Crippen LogP contribution in [0.15, 0.2) is 71.8 Å². The summed E-state index contributed by atoms with van der Waals surface area (Å²) in [5.74, 6) is -0.255. The molecule has 35 heavy (non-hydrogen) atoms. The number of hydrogen-bond donors (Lipinski definition) is 2. The van der Waals surface area contributed by atoms with Crippen LogP contribution >= 0.6 is 0 Å². The summed E-state index contributed by atoms with van der Waals surface area (Å²) in [7, 11) is -4.04. The molecular weight excluding hydrogens is 464 g/mol. The van der Waals surface area contributed by atoms with Crippen molar-refractivity contribution in [2.45, 2.75) is 50.6 Å². The Morgan fingerprint density at radius 1 is 1.11 bits per heavy atom. The van der Waals surface area contributed by atoms with Crippen LogP contribution in [0.1, 0.15) is 30.5 Å². The predicted molar refractivity (Wildman–Crippen MR) is 135 cm³/mol. The Kier molecular flexibility index (Phi) is 7.00. The van der Waals surface area contributed by atoms with Gasteiger partial charge in [-0.2, -0.15) is 4.72 Å². The first-order valence-corrected chi connectivity index (χ1v) is 12.8. The molecule has 2 N–H and O–H groups in total. The van der Waals surface area contributed by atoms with E-state index in [1.54, 1.807) is 29.3 Å². The molecule has 2 aromatic carbocycles. The zero-order valence-electron chi connectivity index (χ0n) is 19.9. The number of carbonyl (C=O) groups excluding carboxylic acids is 2. The van der Waals surface area contributed by atoms with Gasteiger partial charge >= 0.3 is 0 Å². The Labute approximate surface area is 205 Å². The number of benzene rings is 2. The summed E-state index contributed by atoms with van der Waals surface area (Å²) in [5.41, 5.74) is 3.25. The summed E-state index contributed by atoms with van der Waals surface area (Å²) in [6.07, 6.45) is 2.35. The molecular formula is C26H28N4O4S. The maximum Gasteiger partial charge on any atom is 0.244 e. The number of hydrogen-bond acceptors (Lipinski definition) is 5. The van der Waals surface area contributed by atoms with Crippen molar-refractivity contribution in [3.05, 3.63) is 83.6 Å². The van der Waals surface area contributed by atoms with E-state index in [1.807, 2.05) is 50.2 Å². The van der Waals surface area contributed by atoms with E-state index in [0.29, 0.717) is 17.9 Å². The fourth-order valence-corrected chi connectivity index (χ4v) is 5.55. The van der Waals surface area contributed by atoms with Crippen LogP contribution in [0.3, 0.4) is 0 Å². The number of rotatable bonds is 7. The zero-order valence-corrected chi connectivity index (χ0v) is 20.7. The van der Waals surface area contributed by atoms with E-state index in [4.69, 9.17) is 0 Å². The molecule has 4 rings (SSSR count). The van der Waals surface area contributed by atoms with Crippen LogP contribution in [0, 0.1) is 6.92 Å². The number of fused-ring (bicyclic) bond motifs is 1. The topological polar surface area (TPSA) is 108 Å². The second-order valence-corrected chi connectivity index (χ2v) is 10.5. The van der Waals surface area contributed by atoms with Crippen molar-refractivity contribution in [3.8, 4) is 0 Å². The summed E-state index contributed by atoms with van der Waals surface area (Å²) >= 11 is 0. The molecule has 0 unspecified atom stereocenters.